The van der Waals surface area contributed by atoms with Crippen molar-refractivity contribution in [1.82, 2.24) is 10.6 Å². The summed E-state index contributed by atoms with van der Waals surface area (Å²) in [5.41, 5.74) is 12.4. The van der Waals surface area contributed by atoms with E-state index in [0.717, 1.165) is 0 Å². The summed E-state index contributed by atoms with van der Waals surface area (Å²) in [7, 11) is 0. The van der Waals surface area contributed by atoms with Gasteiger partial charge in [0.05, 0.1) is 211 Å². The molecule has 6 aliphatic heterocycles. The number of cyclic esters (lactones) is 2. The van der Waals surface area contributed by atoms with Crippen molar-refractivity contribution >= 4 is 23.8 Å². The molecule has 4 saturated heterocycles. The second kappa shape index (κ2) is 64.2. The third-order valence-electron chi connectivity index (χ3n) is 25.9. The summed E-state index contributed by atoms with van der Waals surface area (Å²) in [4.78, 5) is 54.6. The Morgan fingerprint density at radius 2 is 0.638 bits per heavy atom. The summed E-state index contributed by atoms with van der Waals surface area (Å²) >= 11 is 0. The summed E-state index contributed by atoms with van der Waals surface area (Å²) < 4.78 is 65.4. The summed E-state index contributed by atoms with van der Waals surface area (Å²) in [5, 5.41) is 230. The van der Waals surface area contributed by atoms with Crippen LogP contribution in [0.2, 0.25) is 0 Å². The topological polar surface area (TPSA) is 651 Å². The van der Waals surface area contributed by atoms with E-state index < -0.39 is 294 Å². The Bertz CT molecular complexity index is 3820. The lowest BCUT2D eigenvalue weighted by molar-refractivity contribution is -0.308. The summed E-state index contributed by atoms with van der Waals surface area (Å²) in [6, 6.07) is -2.46. The Labute approximate surface area is 826 Å². The molecule has 0 unspecified atom stereocenters. The van der Waals surface area contributed by atoms with E-state index in [-0.39, 0.29) is 116 Å². The van der Waals surface area contributed by atoms with Crippen LogP contribution >= 0.6 is 0 Å². The van der Waals surface area contributed by atoms with Crippen molar-refractivity contribution in [3.63, 3.8) is 0 Å². The van der Waals surface area contributed by atoms with Crippen molar-refractivity contribution in [2.24, 2.45) is 47.0 Å². The summed E-state index contributed by atoms with van der Waals surface area (Å²) in [5.74, 6) is -12.5. The van der Waals surface area contributed by atoms with Crippen LogP contribution in [0.4, 0.5) is 0 Å². The molecule has 39 nitrogen and oxygen atoms in total. The highest BCUT2D eigenvalue weighted by Gasteiger charge is 2.54. The molecular formula is C102H162N4O35. The number of carbonyl (C=O) groups is 4. The predicted octanol–water partition coefficient (Wildman–Crippen LogP) is 0.550. The maximum Gasteiger partial charge on any atom is 0.308 e. The second-order valence-corrected chi connectivity index (χ2v) is 37.9. The van der Waals surface area contributed by atoms with E-state index in [2.05, 4.69) is 10.6 Å². The Morgan fingerprint density at radius 1 is 0.340 bits per heavy atom. The van der Waals surface area contributed by atoms with Crippen molar-refractivity contribution in [2.45, 2.75) is 353 Å². The van der Waals surface area contributed by atoms with Crippen LogP contribution in [0, 0.1) is 35.5 Å². The fourth-order valence-corrected chi connectivity index (χ4v) is 17.2. The van der Waals surface area contributed by atoms with Crippen LogP contribution in [-0.4, -0.2) is 374 Å². The highest BCUT2D eigenvalue weighted by molar-refractivity contribution is 5.80. The molecule has 0 aromatic heterocycles. The van der Waals surface area contributed by atoms with Crippen LogP contribution in [0.25, 0.3) is 0 Å². The minimum atomic E-state index is -2.42. The maximum atomic E-state index is 14.4. The number of allylic oxidation sites excluding steroid dienone is 24. The maximum absolute atomic E-state index is 14.4. The lowest BCUT2D eigenvalue weighted by Gasteiger charge is -2.46. The van der Waals surface area contributed by atoms with Gasteiger partial charge in [0.2, 0.25) is 11.8 Å². The first-order valence-corrected chi connectivity index (χ1v) is 49.1. The molecule has 38 atom stereocenters. The Morgan fingerprint density at radius 3 is 0.957 bits per heavy atom. The van der Waals surface area contributed by atoms with Gasteiger partial charge in [0.15, 0.2) is 24.2 Å². The van der Waals surface area contributed by atoms with Crippen LogP contribution in [0.3, 0.4) is 0 Å². The molecule has 4 fully saturated rings. The number of rotatable bonds is 18. The zero-order valence-corrected chi connectivity index (χ0v) is 82.1. The minimum Gasteiger partial charge on any atom is -0.462 e. The van der Waals surface area contributed by atoms with Gasteiger partial charge < -0.3 is 176 Å². The van der Waals surface area contributed by atoms with Gasteiger partial charge in [-0.25, -0.2) is 0 Å². The molecule has 6 rings (SSSR count). The normalized spacial score (nSPS) is 43.0. The van der Waals surface area contributed by atoms with Gasteiger partial charge in [-0.3, -0.25) is 19.2 Å². The fourth-order valence-electron chi connectivity index (χ4n) is 17.2. The van der Waals surface area contributed by atoms with Gasteiger partial charge in [-0.2, -0.15) is 0 Å². The number of ether oxygens (including phenoxy) is 11. The molecule has 0 radical (unpaired) electrons. The minimum absolute atomic E-state index is 0.00632. The van der Waals surface area contributed by atoms with E-state index >= 15 is 0 Å². The molecule has 6 aliphatic rings. The summed E-state index contributed by atoms with van der Waals surface area (Å²) in [6.07, 6.45) is 3.99. The first-order valence-electron chi connectivity index (χ1n) is 49.1. The molecule has 0 spiro atoms. The number of esters is 2. The SMILES string of the molecule is C[C@@H]1[C@H](O)[C@@H](C)/C=C/C=C/C=C/C=C/C=C/C=C/C=C/[C@H](O[C@@H]2O[C@H](C)[C@@H](O)[C@H](N)[C@@H]2O)C[C@@H]2O[C@](O)(C[C@@H](O)C[C@@H](O)[C@H](O)CC[C@@H](O)C[C@@H](O)CC(=O)O[C@H]1C)C[C@H](O)[C@@H]2C(=O)NCCOCCOCCOCCNC(=O)[C@@H]1[C@@H]2C[C@@H](O[C@@H]3O[C@H](C)[C@@H](O)[C@H](N)[C@@H]3O)/C=C/C=C/C=C/C=C/C=C/C=C/C=C/[C@H](C)[C@@H](O)[C@@H](C)[C@H](C)OC(=O)C[C@H](O)C[C@H](O)CC[C@@H](O)[C@H](O)C[C@H](O)C[C@](O)(C[C@@H]1O)O2. The Balaban J connectivity index is 1.11. The molecule has 0 aliphatic carbocycles. The number of nitrogens with one attached hydrogen (secondary N) is 2. The largest absolute Gasteiger partial charge is 0.462 e. The van der Waals surface area contributed by atoms with Crippen LogP contribution in [0.15, 0.2) is 170 Å². The van der Waals surface area contributed by atoms with Gasteiger partial charge in [0.25, 0.3) is 0 Å². The van der Waals surface area contributed by atoms with E-state index in [4.69, 9.17) is 63.6 Å². The van der Waals surface area contributed by atoms with Crippen molar-refractivity contribution in [1.29, 1.82) is 0 Å². The molecule has 0 aromatic rings. The third kappa shape index (κ3) is 44.3. The van der Waals surface area contributed by atoms with Crippen LogP contribution in [-0.2, 0) is 71.3 Å². The molecular weight excluding hydrogens is 1840 g/mol. The number of hydrogen-bond donors (Lipinski definition) is 24. The van der Waals surface area contributed by atoms with Gasteiger partial charge in [-0.15, -0.1) is 0 Å². The standard InChI is InChI=1S/C102H162N4O35/c1-61-33-29-25-21-17-13-9-11-15-19-23-27-31-35-75(138-99-95(125)89(103)93(123)67(7)136-99)55-83-87(81(117)59-101(129,140-83)57-73(111)51-79(115)77(113)39-37-69(107)49-71(109)53-85(119)134-65(5)63(3)91(61)121)97(127)105-41-43-131-45-47-133-48-46-132-44-42-106-98(128)88-82(118)60-102(130)58-74(112)52-80(116)78(114)40-38-70(108)50-72(110)54-86(120)135-66(6)64(4)92(122)62(2)34-30-26-22-18-14-10-12-16-20-24-28-32-36-76(56-84(88)141-102)139-100-96(126)90(104)94(124)68(8)137-100/h9-36,61-84,87-96,99-100,107-118,121-126,129-130H,37-60,103-104H2,1-8H3,(H,105,127)(H,106,128)/b11-9+,12-10+,17-13+,18-14+,19-15+,20-16+,25-21+,26-22+,27-23+,28-24+,33-29+,34-30+,35-31+,36-32+/t61-,62-,63-,64-,65-,66-,67+,68+,69+,70+,71+,72+,73-,74-,75-,76-,77+,78+,79+,80+,81-,82-,83-,84-,87-,88-,89-,90-,91+,92+,93+,94+,95-,96-,99-,100-,101+,102+/m0/s1. The number of hydrogen-bond acceptors (Lipinski definition) is 37. The summed E-state index contributed by atoms with van der Waals surface area (Å²) in [6.45, 7) is 13.0. The Hall–Kier alpha value is -7.00. The van der Waals surface area contributed by atoms with E-state index in [1.54, 1.807) is 186 Å². The fraction of sp³-hybridized carbons (Fsp3) is 0.686. The molecule has 6 heterocycles. The van der Waals surface area contributed by atoms with Crippen LogP contribution in [0.1, 0.15) is 158 Å². The van der Waals surface area contributed by atoms with Crippen molar-refractivity contribution in [3.05, 3.63) is 170 Å². The average Bonchev–Trinajstić information content (AvgIpc) is 0.753. The monoisotopic (exact) mass is 2000 g/mol. The molecule has 2 amide bonds. The number of aliphatic hydroxyl groups is 20. The second-order valence-electron chi connectivity index (χ2n) is 37.9. The van der Waals surface area contributed by atoms with E-state index in [1.807, 2.05) is 13.8 Å². The lowest BCUT2D eigenvalue weighted by Crippen LogP contribution is -2.62. The third-order valence-corrected chi connectivity index (χ3v) is 25.9. The van der Waals surface area contributed by atoms with Gasteiger partial charge in [-0.05, 0) is 66.2 Å². The van der Waals surface area contributed by atoms with Crippen LogP contribution < -0.4 is 22.1 Å². The van der Waals surface area contributed by atoms with E-state index in [0.29, 0.717) is 0 Å². The van der Waals surface area contributed by atoms with E-state index in [1.165, 1.54) is 26.0 Å². The molecule has 26 N–H and O–H groups in total. The van der Waals surface area contributed by atoms with Gasteiger partial charge in [0.1, 0.15) is 24.4 Å². The Kier molecular flexibility index (Phi) is 55.9. The molecule has 800 valence electrons. The predicted molar refractivity (Wildman–Crippen MR) is 517 cm³/mol. The number of amides is 2. The zero-order chi connectivity index (χ0) is 104. The van der Waals surface area contributed by atoms with Crippen molar-refractivity contribution < 1.29 is 173 Å². The van der Waals surface area contributed by atoms with Crippen molar-refractivity contribution in [2.75, 3.05) is 52.7 Å². The average molecular weight is 2000 g/mol. The molecule has 0 aromatic carbocycles. The molecule has 141 heavy (non-hydrogen) atoms. The van der Waals surface area contributed by atoms with Gasteiger partial charge >= 0.3 is 11.9 Å². The van der Waals surface area contributed by atoms with Gasteiger partial charge in [-0.1, -0.05) is 198 Å². The number of aliphatic hydroxyl groups excluding tert-OH is 18. The van der Waals surface area contributed by atoms with Crippen LogP contribution in [0.5, 0.6) is 0 Å². The molecule has 39 heteroatoms. The first kappa shape index (κ1) is 123. The highest BCUT2D eigenvalue weighted by Crippen LogP contribution is 2.41. The number of fused-ring (bicyclic) bond motifs is 4. The van der Waals surface area contributed by atoms with E-state index in [9.17, 15) is 121 Å². The number of nitrogens with two attached hydrogens (primary N) is 2. The first-order chi connectivity index (χ1) is 66.9. The number of carbonyl (C=O) groups excluding carboxylic acids is 4. The quantitative estimate of drug-likeness (QED) is 0.0658. The molecule has 0 saturated carbocycles. The lowest BCUT2D eigenvalue weighted by atomic mass is 9.82. The smallest absolute Gasteiger partial charge is 0.308 e. The van der Waals surface area contributed by atoms with Crippen molar-refractivity contribution in [3.8, 4) is 0 Å². The van der Waals surface area contributed by atoms with Gasteiger partial charge in [0, 0.05) is 88.1 Å². The zero-order valence-electron chi connectivity index (χ0n) is 82.1. The highest BCUT2D eigenvalue weighted by atomic mass is 16.7. The molecule has 4 bridgehead atoms.